The number of rotatable bonds is 2. The van der Waals surface area contributed by atoms with Gasteiger partial charge in [0.05, 0.1) is 5.52 Å². The quantitative estimate of drug-likeness (QED) is 0.554. The average Bonchev–Trinajstić information content (AvgIpc) is 2.93. The summed E-state index contributed by atoms with van der Waals surface area (Å²) in [5.74, 6) is 0.200. The maximum atomic E-state index is 13.1. The molecule has 0 saturated heterocycles. The lowest BCUT2D eigenvalue weighted by Crippen LogP contribution is -1.95. The van der Waals surface area contributed by atoms with E-state index in [4.69, 9.17) is 5.73 Å². The Bertz CT molecular complexity index is 1030. The monoisotopic (exact) mass is 321 g/mol. The molecule has 2 aromatic carbocycles. The van der Waals surface area contributed by atoms with Gasteiger partial charge in [0.1, 0.15) is 11.3 Å². The molecule has 24 heavy (non-hydrogen) atoms. The number of hydrogen-bond acceptors (Lipinski definition) is 5. The fourth-order valence-corrected chi connectivity index (χ4v) is 2.52. The van der Waals surface area contributed by atoms with Crippen molar-refractivity contribution in [2.75, 3.05) is 5.73 Å². The first-order valence-corrected chi connectivity index (χ1v) is 7.17. The molecule has 0 atom stereocenters. The summed E-state index contributed by atoms with van der Waals surface area (Å²) in [7, 11) is 0. The molecule has 0 bridgehead atoms. The van der Waals surface area contributed by atoms with Crippen LogP contribution in [0.1, 0.15) is 0 Å². The van der Waals surface area contributed by atoms with Gasteiger partial charge in [-0.2, -0.15) is 4.73 Å². The summed E-state index contributed by atoms with van der Waals surface area (Å²) in [6.07, 6.45) is 3.23. The molecule has 0 unspecified atom stereocenters. The van der Waals surface area contributed by atoms with Crippen LogP contribution in [-0.2, 0) is 0 Å². The predicted molar refractivity (Wildman–Crippen MR) is 87.7 cm³/mol. The lowest BCUT2D eigenvalue weighted by molar-refractivity contribution is 0.203. The zero-order valence-corrected chi connectivity index (χ0v) is 12.4. The average molecular weight is 321 g/mol. The second kappa shape index (κ2) is 5.31. The molecule has 2 heterocycles. The summed E-state index contributed by atoms with van der Waals surface area (Å²) >= 11 is 0. The van der Waals surface area contributed by atoms with E-state index in [1.54, 1.807) is 36.7 Å². The van der Waals surface area contributed by atoms with Gasteiger partial charge in [0.25, 0.3) is 0 Å². The molecule has 4 aromatic rings. The van der Waals surface area contributed by atoms with E-state index in [0.29, 0.717) is 22.4 Å². The Kier molecular flexibility index (Phi) is 3.13. The minimum Gasteiger partial charge on any atom is -0.426 e. The SMILES string of the molecule is Nc1ncc(-c2ccc3nc(-c4ccc(F)cc4)n(O)c3c2)cn1. The van der Waals surface area contributed by atoms with Crippen molar-refractivity contribution in [2.24, 2.45) is 0 Å². The largest absolute Gasteiger partial charge is 0.426 e. The molecule has 0 radical (unpaired) electrons. The highest BCUT2D eigenvalue weighted by Crippen LogP contribution is 2.27. The van der Waals surface area contributed by atoms with Gasteiger partial charge < -0.3 is 10.9 Å². The van der Waals surface area contributed by atoms with Gasteiger partial charge in [-0.3, -0.25) is 0 Å². The molecule has 7 heteroatoms. The number of aromatic nitrogens is 4. The number of imidazole rings is 1. The van der Waals surface area contributed by atoms with E-state index >= 15 is 0 Å². The molecule has 118 valence electrons. The third kappa shape index (κ3) is 2.32. The number of hydrogen-bond donors (Lipinski definition) is 2. The topological polar surface area (TPSA) is 89.8 Å². The van der Waals surface area contributed by atoms with Crippen molar-refractivity contribution >= 4 is 17.0 Å². The van der Waals surface area contributed by atoms with E-state index < -0.39 is 0 Å². The number of nitrogens with two attached hydrogens (primary N) is 1. The smallest absolute Gasteiger partial charge is 0.219 e. The lowest BCUT2D eigenvalue weighted by atomic mass is 10.1. The summed E-state index contributed by atoms with van der Waals surface area (Å²) in [5, 5.41) is 10.4. The number of fused-ring (bicyclic) bond motifs is 1. The molecule has 0 saturated carbocycles. The van der Waals surface area contributed by atoms with Crippen LogP contribution in [-0.4, -0.2) is 24.9 Å². The van der Waals surface area contributed by atoms with Gasteiger partial charge in [-0.15, -0.1) is 0 Å². The molecule has 0 aliphatic heterocycles. The van der Waals surface area contributed by atoms with Gasteiger partial charge in [0.2, 0.25) is 5.95 Å². The molecular weight excluding hydrogens is 309 g/mol. The van der Waals surface area contributed by atoms with Gasteiger partial charge in [0.15, 0.2) is 5.82 Å². The summed E-state index contributed by atoms with van der Waals surface area (Å²) in [6, 6.07) is 11.2. The van der Waals surface area contributed by atoms with E-state index in [2.05, 4.69) is 15.0 Å². The molecule has 0 fully saturated rings. The Hall–Kier alpha value is -3.48. The fraction of sp³-hybridized carbons (Fsp3) is 0. The summed E-state index contributed by atoms with van der Waals surface area (Å²) < 4.78 is 14.1. The molecule has 0 aliphatic rings. The highest BCUT2D eigenvalue weighted by atomic mass is 19.1. The Balaban J connectivity index is 1.84. The van der Waals surface area contributed by atoms with Gasteiger partial charge in [-0.1, -0.05) is 6.07 Å². The van der Waals surface area contributed by atoms with E-state index in [1.165, 1.54) is 12.1 Å². The Morgan fingerprint density at radius 2 is 1.58 bits per heavy atom. The minimum absolute atomic E-state index is 0.200. The zero-order chi connectivity index (χ0) is 16.7. The zero-order valence-electron chi connectivity index (χ0n) is 12.4. The summed E-state index contributed by atoms with van der Waals surface area (Å²) in [5.41, 5.74) is 8.86. The van der Waals surface area contributed by atoms with Crippen molar-refractivity contribution in [1.29, 1.82) is 0 Å². The molecule has 3 N–H and O–H groups in total. The molecule has 0 aliphatic carbocycles. The number of nitrogen functional groups attached to an aromatic ring is 1. The first-order chi connectivity index (χ1) is 11.6. The normalized spacial score (nSPS) is 11.0. The van der Waals surface area contributed by atoms with Crippen molar-refractivity contribution in [3.05, 3.63) is 60.7 Å². The third-order valence-electron chi connectivity index (χ3n) is 3.74. The van der Waals surface area contributed by atoms with Crippen LogP contribution in [0.15, 0.2) is 54.9 Å². The van der Waals surface area contributed by atoms with Crippen LogP contribution in [0.5, 0.6) is 0 Å². The standard InChI is InChI=1S/C17H12FN5O/c18-13-4-1-10(2-5-13)16-22-14-6-3-11(7-15(14)23(16)24)12-8-20-17(19)21-9-12/h1-9,24H,(H2,19,20,21). The van der Waals surface area contributed by atoms with Gasteiger partial charge in [0, 0.05) is 23.5 Å². The van der Waals surface area contributed by atoms with E-state index in [-0.39, 0.29) is 11.8 Å². The van der Waals surface area contributed by atoms with Crippen LogP contribution in [0.4, 0.5) is 10.3 Å². The maximum Gasteiger partial charge on any atom is 0.219 e. The van der Waals surface area contributed by atoms with Crippen LogP contribution in [0.25, 0.3) is 33.5 Å². The van der Waals surface area contributed by atoms with Gasteiger partial charge in [-0.05, 0) is 42.0 Å². The first kappa shape index (κ1) is 14.1. The molecular formula is C17H12FN5O. The number of anilines is 1. The molecule has 6 nitrogen and oxygen atoms in total. The van der Waals surface area contributed by atoms with Crippen molar-refractivity contribution < 1.29 is 9.60 Å². The summed E-state index contributed by atoms with van der Waals surface area (Å²) in [4.78, 5) is 12.3. The fourth-order valence-electron chi connectivity index (χ4n) is 2.52. The van der Waals surface area contributed by atoms with Crippen LogP contribution in [0.3, 0.4) is 0 Å². The van der Waals surface area contributed by atoms with E-state index in [9.17, 15) is 9.60 Å². The third-order valence-corrected chi connectivity index (χ3v) is 3.74. The van der Waals surface area contributed by atoms with Crippen molar-refractivity contribution in [1.82, 2.24) is 19.7 Å². The van der Waals surface area contributed by atoms with Crippen molar-refractivity contribution in [3.63, 3.8) is 0 Å². The van der Waals surface area contributed by atoms with Crippen LogP contribution < -0.4 is 5.73 Å². The van der Waals surface area contributed by atoms with Gasteiger partial charge >= 0.3 is 0 Å². The maximum absolute atomic E-state index is 13.1. The molecule has 2 aromatic heterocycles. The number of halogens is 1. The second-order valence-corrected chi connectivity index (χ2v) is 5.29. The second-order valence-electron chi connectivity index (χ2n) is 5.29. The van der Waals surface area contributed by atoms with Gasteiger partial charge in [-0.25, -0.2) is 19.3 Å². The molecule has 0 spiro atoms. The van der Waals surface area contributed by atoms with Crippen molar-refractivity contribution in [2.45, 2.75) is 0 Å². The Labute approximate surface area is 136 Å². The van der Waals surface area contributed by atoms with Crippen LogP contribution in [0, 0.1) is 5.82 Å². The van der Waals surface area contributed by atoms with Crippen LogP contribution >= 0.6 is 0 Å². The molecule has 4 rings (SSSR count). The highest BCUT2D eigenvalue weighted by molar-refractivity contribution is 5.85. The highest BCUT2D eigenvalue weighted by Gasteiger charge is 2.13. The minimum atomic E-state index is -0.343. The number of nitrogens with zero attached hydrogens (tertiary/aromatic N) is 4. The predicted octanol–water partition coefficient (Wildman–Crippen LogP) is 3.12. The summed E-state index contributed by atoms with van der Waals surface area (Å²) in [6.45, 7) is 0. The number of benzene rings is 2. The lowest BCUT2D eigenvalue weighted by Gasteiger charge is -2.03. The van der Waals surface area contributed by atoms with Crippen molar-refractivity contribution in [3.8, 4) is 22.5 Å². The Morgan fingerprint density at radius 3 is 2.29 bits per heavy atom. The van der Waals surface area contributed by atoms with E-state index in [0.717, 1.165) is 15.9 Å². The van der Waals surface area contributed by atoms with Crippen LogP contribution in [0.2, 0.25) is 0 Å². The Morgan fingerprint density at radius 1 is 0.917 bits per heavy atom. The molecule has 0 amide bonds. The first-order valence-electron chi connectivity index (χ1n) is 7.17. The van der Waals surface area contributed by atoms with E-state index in [1.807, 2.05) is 6.07 Å².